The molecule has 0 nitrogen and oxygen atoms in total. The summed E-state index contributed by atoms with van der Waals surface area (Å²) in [7, 11) is 0. The molecule has 0 N–H and O–H groups in total. The first-order chi connectivity index (χ1) is 8.18. The van der Waals surface area contributed by atoms with E-state index in [1.54, 1.807) is 0 Å². The Morgan fingerprint density at radius 2 is 1.71 bits per heavy atom. The van der Waals surface area contributed by atoms with Crippen LogP contribution in [0.2, 0.25) is 0 Å². The molecule has 0 saturated carbocycles. The Balaban J connectivity index is 2.19. The smallest absolute Gasteiger partial charge is 0.0172 e. The lowest BCUT2D eigenvalue weighted by molar-refractivity contribution is 0.582. The summed E-state index contributed by atoms with van der Waals surface area (Å²) in [6, 6.07) is 15.2. The van der Waals surface area contributed by atoms with E-state index in [2.05, 4.69) is 72.2 Å². The first-order valence-electron chi connectivity index (χ1n) is 6.29. The monoisotopic (exact) mass is 290 g/mol. The molecule has 0 saturated heterocycles. The summed E-state index contributed by atoms with van der Waals surface area (Å²) in [5.74, 6) is 0.699. The molecule has 0 fully saturated rings. The van der Waals surface area contributed by atoms with Crippen LogP contribution in [0.25, 0.3) is 10.8 Å². The summed E-state index contributed by atoms with van der Waals surface area (Å²) in [5.41, 5.74) is 1.47. The maximum absolute atomic E-state index is 3.76. The van der Waals surface area contributed by atoms with Crippen LogP contribution in [0.5, 0.6) is 0 Å². The maximum atomic E-state index is 3.76. The van der Waals surface area contributed by atoms with Crippen molar-refractivity contribution in [2.45, 2.75) is 31.5 Å². The van der Waals surface area contributed by atoms with Crippen LogP contribution in [-0.4, -0.2) is 4.83 Å². The van der Waals surface area contributed by atoms with Gasteiger partial charge in [0, 0.05) is 4.83 Å². The average Bonchev–Trinajstić information content (AvgIpc) is 2.35. The number of rotatable bonds is 4. The molecule has 0 bridgehead atoms. The van der Waals surface area contributed by atoms with E-state index in [4.69, 9.17) is 0 Å². The highest BCUT2D eigenvalue weighted by atomic mass is 79.9. The molecule has 0 radical (unpaired) electrons. The van der Waals surface area contributed by atoms with Gasteiger partial charge in [0.25, 0.3) is 0 Å². The lowest BCUT2D eigenvalue weighted by atomic mass is 9.98. The molecule has 1 heteroatoms. The quantitative estimate of drug-likeness (QED) is 0.680. The minimum Gasteiger partial charge on any atom is -0.0888 e. The van der Waals surface area contributed by atoms with Crippen molar-refractivity contribution in [3.63, 3.8) is 0 Å². The van der Waals surface area contributed by atoms with Crippen molar-refractivity contribution in [2.75, 3.05) is 0 Å². The predicted octanol–water partition coefficient (Wildman–Crippen LogP) is 5.19. The van der Waals surface area contributed by atoms with Crippen molar-refractivity contribution < 1.29 is 0 Å². The van der Waals surface area contributed by atoms with Gasteiger partial charge in [0.15, 0.2) is 0 Å². The topological polar surface area (TPSA) is 0 Å². The van der Waals surface area contributed by atoms with Gasteiger partial charge >= 0.3 is 0 Å². The second kappa shape index (κ2) is 5.68. The Bertz CT molecular complexity index is 482. The van der Waals surface area contributed by atoms with E-state index < -0.39 is 0 Å². The van der Waals surface area contributed by atoms with E-state index in [0.29, 0.717) is 10.7 Å². The number of hydrogen-bond acceptors (Lipinski definition) is 0. The minimum atomic E-state index is 0.612. The zero-order valence-corrected chi connectivity index (χ0v) is 12.1. The van der Waals surface area contributed by atoms with Gasteiger partial charge in [-0.05, 0) is 35.1 Å². The van der Waals surface area contributed by atoms with Crippen LogP contribution < -0.4 is 0 Å². The summed E-state index contributed by atoms with van der Waals surface area (Å²) in [6.07, 6.45) is 2.35. The van der Waals surface area contributed by atoms with Crippen LogP contribution >= 0.6 is 15.9 Å². The normalized spacial score (nSPS) is 13.2. The highest BCUT2D eigenvalue weighted by Crippen LogP contribution is 2.23. The van der Waals surface area contributed by atoms with E-state index in [-0.39, 0.29) is 0 Å². The predicted molar refractivity (Wildman–Crippen MR) is 79.8 cm³/mol. The molecule has 0 amide bonds. The van der Waals surface area contributed by atoms with Gasteiger partial charge < -0.3 is 0 Å². The van der Waals surface area contributed by atoms with Gasteiger partial charge in [0.2, 0.25) is 0 Å². The molecular weight excluding hydrogens is 272 g/mol. The molecule has 0 heterocycles. The van der Waals surface area contributed by atoms with Crippen LogP contribution in [0.4, 0.5) is 0 Å². The van der Waals surface area contributed by atoms with Gasteiger partial charge in [0.1, 0.15) is 0 Å². The summed E-state index contributed by atoms with van der Waals surface area (Å²) < 4.78 is 0. The molecule has 90 valence electrons. The third-order valence-electron chi connectivity index (χ3n) is 3.29. The van der Waals surface area contributed by atoms with E-state index in [9.17, 15) is 0 Å². The van der Waals surface area contributed by atoms with Crippen LogP contribution in [0.1, 0.15) is 25.8 Å². The third kappa shape index (κ3) is 3.10. The van der Waals surface area contributed by atoms with Crippen molar-refractivity contribution in [1.29, 1.82) is 0 Å². The zero-order valence-electron chi connectivity index (χ0n) is 10.5. The van der Waals surface area contributed by atoms with Gasteiger partial charge in [-0.15, -0.1) is 0 Å². The van der Waals surface area contributed by atoms with Crippen molar-refractivity contribution in [3.05, 3.63) is 48.0 Å². The molecule has 0 aromatic heterocycles. The first-order valence-corrected chi connectivity index (χ1v) is 7.21. The molecule has 0 aliphatic heterocycles. The number of halogens is 1. The van der Waals surface area contributed by atoms with Gasteiger partial charge in [-0.1, -0.05) is 72.2 Å². The molecule has 0 aliphatic carbocycles. The number of benzene rings is 2. The van der Waals surface area contributed by atoms with Crippen molar-refractivity contribution in [2.24, 2.45) is 5.92 Å². The molecular formula is C16H19Br. The van der Waals surface area contributed by atoms with E-state index in [1.807, 2.05) is 0 Å². The number of alkyl halides is 1. The van der Waals surface area contributed by atoms with E-state index in [0.717, 1.165) is 6.42 Å². The molecule has 1 unspecified atom stereocenters. The van der Waals surface area contributed by atoms with Gasteiger partial charge in [0.05, 0.1) is 0 Å². The SMILES string of the molecule is CC(C)C(Br)CCc1cccc2ccccc12. The van der Waals surface area contributed by atoms with Crippen LogP contribution in [-0.2, 0) is 6.42 Å². The molecule has 17 heavy (non-hydrogen) atoms. The summed E-state index contributed by atoms with van der Waals surface area (Å²) in [4.78, 5) is 0.612. The lowest BCUT2D eigenvalue weighted by Crippen LogP contribution is -2.08. The van der Waals surface area contributed by atoms with Crippen molar-refractivity contribution >= 4 is 26.7 Å². The molecule has 1 atom stereocenters. The number of aryl methyl sites for hydroxylation is 1. The Kier molecular flexibility index (Phi) is 4.22. The molecule has 2 aromatic carbocycles. The number of hydrogen-bond donors (Lipinski definition) is 0. The van der Waals surface area contributed by atoms with E-state index in [1.165, 1.54) is 22.8 Å². The Morgan fingerprint density at radius 1 is 1.00 bits per heavy atom. The third-order valence-corrected chi connectivity index (χ3v) is 4.81. The fourth-order valence-electron chi connectivity index (χ4n) is 2.14. The van der Waals surface area contributed by atoms with Gasteiger partial charge in [-0.2, -0.15) is 0 Å². The second-order valence-corrected chi connectivity index (χ2v) is 6.11. The Hall–Kier alpha value is -0.820. The van der Waals surface area contributed by atoms with Gasteiger partial charge in [-0.3, -0.25) is 0 Å². The molecule has 0 spiro atoms. The maximum Gasteiger partial charge on any atom is 0.0172 e. The van der Waals surface area contributed by atoms with Gasteiger partial charge in [-0.25, -0.2) is 0 Å². The van der Waals surface area contributed by atoms with E-state index >= 15 is 0 Å². The molecule has 2 aromatic rings. The average molecular weight is 291 g/mol. The standard InChI is InChI=1S/C16H19Br/c1-12(2)16(17)11-10-14-8-5-7-13-6-3-4-9-15(13)14/h3-9,12,16H,10-11H2,1-2H3. The molecule has 0 aliphatic rings. The first kappa shape index (κ1) is 12.6. The van der Waals surface area contributed by atoms with Crippen LogP contribution in [0.15, 0.2) is 42.5 Å². The number of fused-ring (bicyclic) bond motifs is 1. The largest absolute Gasteiger partial charge is 0.0888 e. The lowest BCUT2D eigenvalue weighted by Gasteiger charge is -2.14. The Morgan fingerprint density at radius 3 is 2.47 bits per heavy atom. The molecule has 2 rings (SSSR count). The summed E-state index contributed by atoms with van der Waals surface area (Å²) >= 11 is 3.76. The summed E-state index contributed by atoms with van der Waals surface area (Å²) in [5, 5.41) is 2.75. The van der Waals surface area contributed by atoms with Crippen molar-refractivity contribution in [1.82, 2.24) is 0 Å². The second-order valence-electron chi connectivity index (χ2n) is 4.94. The van der Waals surface area contributed by atoms with Crippen molar-refractivity contribution in [3.8, 4) is 0 Å². The fraction of sp³-hybridized carbons (Fsp3) is 0.375. The zero-order chi connectivity index (χ0) is 12.3. The highest BCUT2D eigenvalue weighted by Gasteiger charge is 2.09. The Labute approximate surface area is 112 Å². The fourth-order valence-corrected chi connectivity index (χ4v) is 2.37. The van der Waals surface area contributed by atoms with Crippen LogP contribution in [0.3, 0.4) is 0 Å². The van der Waals surface area contributed by atoms with Crippen LogP contribution in [0, 0.1) is 5.92 Å². The summed E-state index contributed by atoms with van der Waals surface area (Å²) in [6.45, 7) is 4.53. The highest BCUT2D eigenvalue weighted by molar-refractivity contribution is 9.09. The minimum absolute atomic E-state index is 0.612.